The van der Waals surface area contributed by atoms with E-state index in [2.05, 4.69) is 30.0 Å². The maximum atomic E-state index is 13.3. The molecule has 0 aliphatic heterocycles. The average molecular weight is 534 g/mol. The standard InChI is InChI=1S/C31H27N5O2S/c1-20(2)19-38-26-15-14-23(16-21(26)3)28-24(18-35(33-28)25-12-8-5-9-13-25)17-27-30(37)36-31(39-27)32-29(34-36)22-10-6-4-7-11-22/h4-18,20H,19H2,1-3H3/b27-17-. The first-order valence-electron chi connectivity index (χ1n) is 12.8. The second-order valence-corrected chi connectivity index (χ2v) is 10.8. The van der Waals surface area contributed by atoms with Gasteiger partial charge in [0.1, 0.15) is 11.4 Å². The summed E-state index contributed by atoms with van der Waals surface area (Å²) in [6.07, 6.45) is 3.83. The molecule has 0 amide bonds. The Morgan fingerprint density at radius 2 is 1.69 bits per heavy atom. The fourth-order valence-corrected chi connectivity index (χ4v) is 5.23. The van der Waals surface area contributed by atoms with Gasteiger partial charge in [0.25, 0.3) is 5.56 Å². The van der Waals surface area contributed by atoms with E-state index in [1.54, 1.807) is 0 Å². The highest BCUT2D eigenvalue weighted by Gasteiger charge is 2.16. The number of fused-ring (bicyclic) bond motifs is 1. The van der Waals surface area contributed by atoms with Crippen LogP contribution in [-0.2, 0) is 0 Å². The number of aromatic nitrogens is 5. The Morgan fingerprint density at radius 1 is 0.949 bits per heavy atom. The van der Waals surface area contributed by atoms with Crippen LogP contribution in [0.4, 0.5) is 0 Å². The molecule has 3 heterocycles. The van der Waals surface area contributed by atoms with Crippen molar-refractivity contribution in [2.75, 3.05) is 6.61 Å². The van der Waals surface area contributed by atoms with Gasteiger partial charge in [-0.3, -0.25) is 4.79 Å². The molecule has 39 heavy (non-hydrogen) atoms. The largest absolute Gasteiger partial charge is 0.493 e. The smallest absolute Gasteiger partial charge is 0.291 e. The highest BCUT2D eigenvalue weighted by atomic mass is 32.1. The van der Waals surface area contributed by atoms with Crippen LogP contribution in [0.1, 0.15) is 25.0 Å². The SMILES string of the molecule is Cc1cc(-c2nn(-c3ccccc3)cc2/C=c2\sc3nc(-c4ccccc4)nn3c2=O)ccc1OCC(C)C. The van der Waals surface area contributed by atoms with Gasteiger partial charge in [0.05, 0.1) is 16.8 Å². The first kappa shape index (κ1) is 24.8. The van der Waals surface area contributed by atoms with Crippen molar-refractivity contribution in [3.05, 3.63) is 111 Å². The molecule has 0 unspecified atom stereocenters. The molecule has 194 valence electrons. The van der Waals surface area contributed by atoms with E-state index in [0.717, 1.165) is 39.4 Å². The van der Waals surface area contributed by atoms with Crippen LogP contribution in [0.15, 0.2) is 89.9 Å². The third-order valence-electron chi connectivity index (χ3n) is 6.28. The van der Waals surface area contributed by atoms with Crippen molar-refractivity contribution in [3.63, 3.8) is 0 Å². The van der Waals surface area contributed by atoms with Gasteiger partial charge in [-0.2, -0.15) is 14.6 Å². The summed E-state index contributed by atoms with van der Waals surface area (Å²) in [4.78, 5) is 18.5. The van der Waals surface area contributed by atoms with Gasteiger partial charge in [0.15, 0.2) is 5.82 Å². The second-order valence-electron chi connectivity index (χ2n) is 9.81. The van der Waals surface area contributed by atoms with Crippen LogP contribution in [0.25, 0.3) is 39.4 Å². The topological polar surface area (TPSA) is 74.3 Å². The summed E-state index contributed by atoms with van der Waals surface area (Å²) in [6, 6.07) is 25.7. The molecule has 6 rings (SSSR count). The number of para-hydroxylation sites is 1. The van der Waals surface area contributed by atoms with Crippen molar-refractivity contribution in [2.45, 2.75) is 20.8 Å². The van der Waals surface area contributed by atoms with E-state index in [9.17, 15) is 4.79 Å². The Kier molecular flexibility index (Phi) is 6.54. The van der Waals surface area contributed by atoms with E-state index in [-0.39, 0.29) is 5.56 Å². The predicted octanol–water partition coefficient (Wildman–Crippen LogP) is 5.56. The first-order chi connectivity index (χ1) is 19.0. The lowest BCUT2D eigenvalue weighted by Crippen LogP contribution is -2.23. The molecule has 0 bridgehead atoms. The van der Waals surface area contributed by atoms with Gasteiger partial charge in [-0.15, -0.1) is 5.10 Å². The van der Waals surface area contributed by atoms with Gasteiger partial charge in [-0.25, -0.2) is 4.68 Å². The molecule has 3 aromatic heterocycles. The van der Waals surface area contributed by atoms with Crippen LogP contribution >= 0.6 is 11.3 Å². The number of hydrogen-bond donors (Lipinski definition) is 0. The zero-order valence-electron chi connectivity index (χ0n) is 21.9. The Hall–Kier alpha value is -4.56. The summed E-state index contributed by atoms with van der Waals surface area (Å²) < 4.78 is 9.75. The number of benzene rings is 3. The van der Waals surface area contributed by atoms with Crippen LogP contribution < -0.4 is 14.8 Å². The summed E-state index contributed by atoms with van der Waals surface area (Å²) >= 11 is 1.32. The van der Waals surface area contributed by atoms with E-state index in [1.165, 1.54) is 15.9 Å². The van der Waals surface area contributed by atoms with Crippen LogP contribution in [-0.4, -0.2) is 31.0 Å². The van der Waals surface area contributed by atoms with E-state index in [4.69, 9.17) is 9.84 Å². The highest BCUT2D eigenvalue weighted by molar-refractivity contribution is 7.15. The molecular weight excluding hydrogens is 506 g/mol. The van der Waals surface area contributed by atoms with Crippen molar-refractivity contribution in [1.82, 2.24) is 24.4 Å². The van der Waals surface area contributed by atoms with Gasteiger partial charge in [0, 0.05) is 22.9 Å². The molecule has 7 nitrogen and oxygen atoms in total. The third kappa shape index (κ3) is 4.98. The minimum atomic E-state index is -0.197. The molecule has 0 atom stereocenters. The summed E-state index contributed by atoms with van der Waals surface area (Å²) in [7, 11) is 0. The van der Waals surface area contributed by atoms with Gasteiger partial charge >= 0.3 is 0 Å². The molecule has 8 heteroatoms. The van der Waals surface area contributed by atoms with Gasteiger partial charge in [-0.1, -0.05) is 73.7 Å². The van der Waals surface area contributed by atoms with Crippen LogP contribution in [0.5, 0.6) is 5.75 Å². The Bertz CT molecular complexity index is 1870. The Balaban J connectivity index is 1.45. The Morgan fingerprint density at radius 3 is 2.38 bits per heavy atom. The maximum absolute atomic E-state index is 13.3. The van der Waals surface area contributed by atoms with Crippen molar-refractivity contribution in [3.8, 4) is 34.1 Å². The van der Waals surface area contributed by atoms with Crippen molar-refractivity contribution in [1.29, 1.82) is 0 Å². The number of nitrogens with zero attached hydrogens (tertiary/aromatic N) is 5. The van der Waals surface area contributed by atoms with Crippen LogP contribution in [0.2, 0.25) is 0 Å². The number of aryl methyl sites for hydroxylation is 1. The molecule has 0 aliphatic carbocycles. The fourth-order valence-electron chi connectivity index (χ4n) is 4.33. The van der Waals surface area contributed by atoms with E-state index in [1.807, 2.05) is 96.7 Å². The summed E-state index contributed by atoms with van der Waals surface area (Å²) in [5, 5.41) is 9.40. The highest BCUT2D eigenvalue weighted by Crippen LogP contribution is 2.29. The molecule has 0 N–H and O–H groups in total. The zero-order valence-corrected chi connectivity index (χ0v) is 22.7. The zero-order chi connectivity index (χ0) is 26.9. The first-order valence-corrected chi connectivity index (χ1v) is 13.6. The monoisotopic (exact) mass is 533 g/mol. The van der Waals surface area contributed by atoms with Crippen LogP contribution in [0.3, 0.4) is 0 Å². The molecule has 6 aromatic rings. The lowest BCUT2D eigenvalue weighted by atomic mass is 10.0. The molecular formula is C31H27N5O2S. The average Bonchev–Trinajstić information content (AvgIpc) is 3.64. The Labute approximate surface area is 229 Å². The minimum absolute atomic E-state index is 0.197. The van der Waals surface area contributed by atoms with Crippen LogP contribution in [0, 0.1) is 12.8 Å². The fraction of sp³-hybridized carbons (Fsp3) is 0.161. The molecule has 0 saturated heterocycles. The van der Waals surface area contributed by atoms with Crippen molar-refractivity contribution in [2.24, 2.45) is 5.92 Å². The summed E-state index contributed by atoms with van der Waals surface area (Å²) in [5.74, 6) is 1.85. The number of rotatable bonds is 7. The lowest BCUT2D eigenvalue weighted by Gasteiger charge is -2.12. The molecule has 3 aromatic carbocycles. The minimum Gasteiger partial charge on any atom is -0.493 e. The quantitative estimate of drug-likeness (QED) is 0.269. The maximum Gasteiger partial charge on any atom is 0.291 e. The normalized spacial score (nSPS) is 12.1. The summed E-state index contributed by atoms with van der Waals surface area (Å²) in [6.45, 7) is 6.96. The van der Waals surface area contributed by atoms with Crippen molar-refractivity contribution >= 4 is 22.4 Å². The van der Waals surface area contributed by atoms with E-state index < -0.39 is 0 Å². The summed E-state index contributed by atoms with van der Waals surface area (Å²) in [5.41, 5.74) is 5.20. The molecule has 0 spiro atoms. The van der Waals surface area contributed by atoms with Crippen molar-refractivity contribution < 1.29 is 4.74 Å². The molecule has 0 fully saturated rings. The van der Waals surface area contributed by atoms with Gasteiger partial charge < -0.3 is 4.74 Å². The third-order valence-corrected chi connectivity index (χ3v) is 7.24. The van der Waals surface area contributed by atoms with E-state index in [0.29, 0.717) is 27.8 Å². The molecule has 0 saturated carbocycles. The lowest BCUT2D eigenvalue weighted by molar-refractivity contribution is 0.269. The second kappa shape index (κ2) is 10.3. The van der Waals surface area contributed by atoms with E-state index >= 15 is 0 Å². The predicted molar refractivity (Wildman–Crippen MR) is 155 cm³/mol. The number of ether oxygens (including phenoxy) is 1. The number of hydrogen-bond acceptors (Lipinski definition) is 6. The van der Waals surface area contributed by atoms with Gasteiger partial charge in [-0.05, 0) is 54.8 Å². The number of thiazole rings is 1. The molecule has 0 radical (unpaired) electrons. The van der Waals surface area contributed by atoms with Gasteiger partial charge in [0.2, 0.25) is 4.96 Å². The molecule has 0 aliphatic rings.